The minimum atomic E-state index is -0.871. The molecule has 202 valence electrons. The molecule has 0 aliphatic carbocycles. The molecular weight excluding hydrogens is 492 g/mol. The molecule has 1 unspecified atom stereocenters. The van der Waals surface area contributed by atoms with E-state index in [9.17, 15) is 0 Å². The molecule has 0 saturated carbocycles. The van der Waals surface area contributed by atoms with Gasteiger partial charge in [-0.25, -0.2) is 5.06 Å². The van der Waals surface area contributed by atoms with Crippen LogP contribution in [-0.4, -0.2) is 30.8 Å². The second-order valence-corrected chi connectivity index (χ2v) is 11.5. The highest BCUT2D eigenvalue weighted by Gasteiger charge is 2.63. The number of hydrogen-bond donors (Lipinski definition) is 0. The SMILES string of the molecule is Cc1ccc(/C=C2\CN(C)CC3(C2=O)[C@@H](c2ccc(C)cc2)ON(c2ccccc2)[C@@H]3c2ccc(C)cc2)cc1. The third kappa shape index (κ3) is 4.68. The van der Waals surface area contributed by atoms with Gasteiger partial charge in [0.15, 0.2) is 5.78 Å². The molecule has 4 nitrogen and oxygen atoms in total. The van der Waals surface area contributed by atoms with Crippen molar-refractivity contribution in [3.05, 3.63) is 142 Å². The number of para-hydroxylation sites is 1. The van der Waals surface area contributed by atoms with E-state index in [2.05, 4.69) is 124 Å². The van der Waals surface area contributed by atoms with Gasteiger partial charge in [0.25, 0.3) is 0 Å². The third-order valence-electron chi connectivity index (χ3n) is 8.30. The molecule has 1 spiro atoms. The maximum Gasteiger partial charge on any atom is 0.173 e. The van der Waals surface area contributed by atoms with Crippen LogP contribution in [0.1, 0.15) is 45.5 Å². The molecule has 0 amide bonds. The Balaban J connectivity index is 1.58. The van der Waals surface area contributed by atoms with E-state index in [1.165, 1.54) is 16.7 Å². The zero-order chi connectivity index (χ0) is 27.9. The van der Waals surface area contributed by atoms with Gasteiger partial charge in [-0.2, -0.15) is 0 Å². The van der Waals surface area contributed by atoms with E-state index < -0.39 is 11.5 Å². The Morgan fingerprint density at radius 3 is 1.90 bits per heavy atom. The number of rotatable bonds is 4. The zero-order valence-corrected chi connectivity index (χ0v) is 23.7. The second kappa shape index (κ2) is 10.5. The summed E-state index contributed by atoms with van der Waals surface area (Å²) in [5.74, 6) is 0.153. The van der Waals surface area contributed by atoms with Crippen LogP contribution >= 0.6 is 0 Å². The maximum absolute atomic E-state index is 15.0. The Hall–Kier alpha value is -3.99. The maximum atomic E-state index is 15.0. The van der Waals surface area contributed by atoms with Gasteiger partial charge in [0.2, 0.25) is 0 Å². The van der Waals surface area contributed by atoms with Gasteiger partial charge in [-0.3, -0.25) is 9.63 Å². The van der Waals surface area contributed by atoms with Crippen molar-refractivity contribution < 1.29 is 9.63 Å². The normalized spacial score (nSPS) is 24.2. The predicted molar refractivity (Wildman–Crippen MR) is 162 cm³/mol. The lowest BCUT2D eigenvalue weighted by Crippen LogP contribution is -2.54. The van der Waals surface area contributed by atoms with Crippen LogP contribution in [0.25, 0.3) is 6.08 Å². The fourth-order valence-electron chi connectivity index (χ4n) is 6.31. The second-order valence-electron chi connectivity index (χ2n) is 11.5. The van der Waals surface area contributed by atoms with Crippen LogP contribution in [0.5, 0.6) is 0 Å². The van der Waals surface area contributed by atoms with Gasteiger partial charge >= 0.3 is 0 Å². The number of carbonyl (C=O) groups excluding carboxylic acids is 1. The van der Waals surface area contributed by atoms with Crippen LogP contribution in [0, 0.1) is 26.2 Å². The summed E-state index contributed by atoms with van der Waals surface area (Å²) < 4.78 is 0. The van der Waals surface area contributed by atoms with Crippen LogP contribution in [0.4, 0.5) is 5.69 Å². The summed E-state index contributed by atoms with van der Waals surface area (Å²) in [7, 11) is 2.11. The number of benzene rings is 4. The van der Waals surface area contributed by atoms with E-state index in [1.54, 1.807) is 0 Å². The lowest BCUT2D eigenvalue weighted by atomic mass is 9.64. The molecule has 4 aromatic carbocycles. The monoisotopic (exact) mass is 528 g/mol. The largest absolute Gasteiger partial charge is 0.301 e. The molecule has 40 heavy (non-hydrogen) atoms. The Morgan fingerprint density at radius 2 is 1.30 bits per heavy atom. The molecule has 2 heterocycles. The molecule has 2 aliphatic rings. The number of piperidine rings is 1. The minimum absolute atomic E-state index is 0.153. The van der Waals surface area contributed by atoms with E-state index in [4.69, 9.17) is 4.84 Å². The molecule has 0 N–H and O–H groups in total. The standard InChI is InChI=1S/C36H36N2O2/c1-25-10-16-28(17-11-25)22-31-23-37(4)24-36(34(31)39)33(29-18-12-26(2)13-19-29)38(32-8-6-5-7-9-32)40-35(36)30-20-14-27(3)15-21-30/h5-22,33,35H,23-24H2,1-4H3/b31-22+/t33-,35-,36?/m1/s1. The number of nitrogens with zero attached hydrogens (tertiary/aromatic N) is 2. The van der Waals surface area contributed by atoms with Gasteiger partial charge in [-0.1, -0.05) is 108 Å². The van der Waals surface area contributed by atoms with Crippen molar-refractivity contribution in [3.63, 3.8) is 0 Å². The van der Waals surface area contributed by atoms with Gasteiger partial charge in [0, 0.05) is 18.7 Å². The quantitative estimate of drug-likeness (QED) is 0.258. The molecule has 6 rings (SSSR count). The minimum Gasteiger partial charge on any atom is -0.301 e. The van der Waals surface area contributed by atoms with Crippen LogP contribution in [0.2, 0.25) is 0 Å². The highest BCUT2D eigenvalue weighted by atomic mass is 16.7. The van der Waals surface area contributed by atoms with E-state index in [1.807, 2.05) is 23.3 Å². The van der Waals surface area contributed by atoms with Gasteiger partial charge in [-0.05, 0) is 62.7 Å². The number of likely N-dealkylation sites (N-methyl/N-ethyl adjacent to an activating group) is 1. The van der Waals surface area contributed by atoms with Gasteiger partial charge in [0.1, 0.15) is 11.5 Å². The summed E-state index contributed by atoms with van der Waals surface area (Å²) >= 11 is 0. The molecule has 4 heteroatoms. The zero-order valence-electron chi connectivity index (χ0n) is 23.7. The Morgan fingerprint density at radius 1 is 0.750 bits per heavy atom. The van der Waals surface area contributed by atoms with Crippen molar-refractivity contribution in [3.8, 4) is 0 Å². The Kier molecular flexibility index (Phi) is 6.91. The summed E-state index contributed by atoms with van der Waals surface area (Å²) in [5, 5.41) is 2.00. The first-order chi connectivity index (χ1) is 19.3. The van der Waals surface area contributed by atoms with Crippen molar-refractivity contribution in [2.75, 3.05) is 25.2 Å². The van der Waals surface area contributed by atoms with E-state index >= 15 is 4.79 Å². The molecule has 0 bridgehead atoms. The Labute approximate surface area is 237 Å². The van der Waals surface area contributed by atoms with Crippen molar-refractivity contribution >= 4 is 17.5 Å². The molecule has 2 aliphatic heterocycles. The lowest BCUT2D eigenvalue weighted by Gasteiger charge is -2.44. The first kappa shape index (κ1) is 26.2. The number of hydrogen-bond acceptors (Lipinski definition) is 4. The molecular formula is C36H36N2O2. The van der Waals surface area contributed by atoms with Crippen molar-refractivity contribution in [2.45, 2.75) is 32.9 Å². The number of hydroxylamine groups is 1. The lowest BCUT2D eigenvalue weighted by molar-refractivity contribution is -0.133. The number of carbonyl (C=O) groups is 1. The number of ketones is 1. The van der Waals surface area contributed by atoms with Gasteiger partial charge in [-0.15, -0.1) is 0 Å². The predicted octanol–water partition coefficient (Wildman–Crippen LogP) is 7.43. The average molecular weight is 529 g/mol. The summed E-state index contributed by atoms with van der Waals surface area (Å²) in [6, 6.07) is 35.3. The smallest absolute Gasteiger partial charge is 0.173 e. The topological polar surface area (TPSA) is 32.8 Å². The highest BCUT2D eigenvalue weighted by molar-refractivity contribution is 6.06. The first-order valence-electron chi connectivity index (χ1n) is 14.0. The third-order valence-corrected chi connectivity index (χ3v) is 8.30. The molecule has 2 fully saturated rings. The van der Waals surface area contributed by atoms with Crippen LogP contribution in [-0.2, 0) is 9.63 Å². The van der Waals surface area contributed by atoms with Crippen molar-refractivity contribution in [1.82, 2.24) is 4.90 Å². The number of aryl methyl sites for hydroxylation is 3. The summed E-state index contributed by atoms with van der Waals surface area (Å²) in [5.41, 5.74) is 7.57. The number of Topliss-reactive ketones (excluding diaryl/α,β-unsaturated/α-hetero) is 1. The molecule has 2 saturated heterocycles. The average Bonchev–Trinajstić information content (AvgIpc) is 3.29. The summed E-state index contributed by atoms with van der Waals surface area (Å²) in [6.45, 7) is 7.44. The molecule has 4 aromatic rings. The summed E-state index contributed by atoms with van der Waals surface area (Å²) in [6.07, 6.45) is 1.61. The van der Waals surface area contributed by atoms with Crippen molar-refractivity contribution in [2.24, 2.45) is 5.41 Å². The fourth-order valence-corrected chi connectivity index (χ4v) is 6.31. The van der Waals surface area contributed by atoms with Crippen LogP contribution < -0.4 is 5.06 Å². The summed E-state index contributed by atoms with van der Waals surface area (Å²) in [4.78, 5) is 24.3. The van der Waals surface area contributed by atoms with Gasteiger partial charge in [0.05, 0.1) is 11.7 Å². The molecule has 0 radical (unpaired) electrons. The van der Waals surface area contributed by atoms with E-state index in [0.717, 1.165) is 28.0 Å². The van der Waals surface area contributed by atoms with E-state index in [-0.39, 0.29) is 11.8 Å². The van der Waals surface area contributed by atoms with Crippen LogP contribution in [0.15, 0.2) is 109 Å². The Bertz CT molecular complexity index is 1530. The molecule has 0 aromatic heterocycles. The number of anilines is 1. The van der Waals surface area contributed by atoms with E-state index in [0.29, 0.717) is 13.1 Å². The van der Waals surface area contributed by atoms with Gasteiger partial charge < -0.3 is 4.90 Å². The number of likely N-dealkylation sites (tertiary alicyclic amines) is 1. The van der Waals surface area contributed by atoms with Crippen LogP contribution in [0.3, 0.4) is 0 Å². The first-order valence-corrected chi connectivity index (χ1v) is 14.0. The molecule has 3 atom stereocenters. The fraction of sp³-hybridized carbons (Fsp3) is 0.250. The highest BCUT2D eigenvalue weighted by Crippen LogP contribution is 2.59. The van der Waals surface area contributed by atoms with Crippen molar-refractivity contribution in [1.29, 1.82) is 0 Å².